The minimum atomic E-state index is -1.40. The van der Waals surface area contributed by atoms with Crippen molar-refractivity contribution >= 4 is 59.2 Å². The summed E-state index contributed by atoms with van der Waals surface area (Å²) in [6, 6.07) is -4.28. The standard InChI is InChI=1S/C48H76N14O11/c1-6-8-9-12-33(47(72)73)57-43(68)36-14-11-20-62(36)46(71)35(22-29-24-53-25-55-29)59-45(70)39(27(5)7-2)61-42(67)34(21-28-15-17-30(63)18-16-28)58-44(69)38(26(3)4)60-41(66)32(13-10-19-54-48(51)52)56-40(65)31(49)23-37(50)64/h15-18,24-27,31-36,38-39,63H,6-14,19-23,49H2,1-5H3,(H2,50,64)(H,53,55)(H,56,65)(H,57,68)(H,58,69)(H,59,70)(H,60,66)(H,61,67)(H,72,73)(H4,51,52,54)/t27-,31-,32-,33-,34-,35-,36-,38-,39-/m0/s1. The van der Waals surface area contributed by atoms with Gasteiger partial charge in [0.15, 0.2) is 5.96 Å². The number of guanidine groups is 1. The number of carboxylic acids is 1. The van der Waals surface area contributed by atoms with Gasteiger partial charge < -0.3 is 74.9 Å². The number of aliphatic carboxylic acids is 1. The van der Waals surface area contributed by atoms with Crippen LogP contribution in [0.15, 0.2) is 41.8 Å². The molecular weight excluding hydrogens is 949 g/mol. The molecule has 25 heteroatoms. The first-order chi connectivity index (χ1) is 34.6. The van der Waals surface area contributed by atoms with Gasteiger partial charge in [-0.2, -0.15) is 0 Å². The number of likely N-dealkylation sites (tertiary alicyclic amines) is 1. The molecule has 3 rings (SSSR count). The van der Waals surface area contributed by atoms with Gasteiger partial charge in [-0.05, 0) is 61.6 Å². The van der Waals surface area contributed by atoms with Crippen LogP contribution in [0.2, 0.25) is 0 Å². The summed E-state index contributed by atoms with van der Waals surface area (Å²) in [5.74, 6) is -8.75. The van der Waals surface area contributed by atoms with Crippen molar-refractivity contribution in [1.82, 2.24) is 46.8 Å². The quantitative estimate of drug-likeness (QED) is 0.0230. The minimum Gasteiger partial charge on any atom is -0.508 e. The van der Waals surface area contributed by atoms with Crippen LogP contribution in [0.25, 0.3) is 0 Å². The van der Waals surface area contributed by atoms with Gasteiger partial charge in [0.1, 0.15) is 48.0 Å². The number of unbranched alkanes of at least 4 members (excludes halogenated alkanes) is 2. The van der Waals surface area contributed by atoms with Crippen molar-refractivity contribution in [3.8, 4) is 5.75 Å². The van der Waals surface area contributed by atoms with Crippen molar-refractivity contribution in [1.29, 1.82) is 0 Å². The number of aromatic nitrogens is 2. The number of hydrogen-bond donors (Lipinski definition) is 13. The minimum absolute atomic E-state index is 0.0241. The van der Waals surface area contributed by atoms with Gasteiger partial charge in [-0.25, -0.2) is 9.78 Å². The number of carboxylic acid groups (broad SMARTS) is 1. The molecule has 9 atom stereocenters. The second-order valence-electron chi connectivity index (χ2n) is 18.7. The number of rotatable bonds is 31. The summed E-state index contributed by atoms with van der Waals surface area (Å²) < 4.78 is 0. The largest absolute Gasteiger partial charge is 0.508 e. The Kier molecular flexibility index (Phi) is 24.6. The van der Waals surface area contributed by atoms with Gasteiger partial charge in [0.05, 0.1) is 18.8 Å². The van der Waals surface area contributed by atoms with E-state index < -0.39 is 120 Å². The van der Waals surface area contributed by atoms with Gasteiger partial charge in [0.2, 0.25) is 47.3 Å². The normalized spacial score (nSPS) is 16.5. The number of aliphatic imine (C=N–C) groups is 1. The summed E-state index contributed by atoms with van der Waals surface area (Å²) in [5.41, 5.74) is 22.9. The maximum Gasteiger partial charge on any atom is 0.326 e. The van der Waals surface area contributed by atoms with E-state index in [1.165, 1.54) is 41.7 Å². The summed E-state index contributed by atoms with van der Waals surface area (Å²) in [6.07, 6.45) is 5.78. The molecule has 1 fully saturated rings. The van der Waals surface area contributed by atoms with Crippen LogP contribution in [0.3, 0.4) is 0 Å². The highest BCUT2D eigenvalue weighted by atomic mass is 16.4. The number of aromatic amines is 1. The zero-order valence-corrected chi connectivity index (χ0v) is 42.4. The summed E-state index contributed by atoms with van der Waals surface area (Å²) in [4.78, 5) is 134. The Labute approximate surface area is 425 Å². The molecule has 0 spiro atoms. The number of phenolic OH excluding ortho intramolecular Hbond substituents is 1. The van der Waals surface area contributed by atoms with Crippen LogP contribution >= 0.6 is 0 Å². The molecule has 0 bridgehead atoms. The summed E-state index contributed by atoms with van der Waals surface area (Å²) in [5, 5.41) is 35.9. The first-order valence-electron chi connectivity index (χ1n) is 24.8. The fourth-order valence-electron chi connectivity index (χ4n) is 8.15. The molecule has 73 heavy (non-hydrogen) atoms. The van der Waals surface area contributed by atoms with E-state index in [0.717, 1.165) is 12.8 Å². The molecule has 404 valence electrons. The third-order valence-electron chi connectivity index (χ3n) is 12.5. The number of nitrogens with one attached hydrogen (secondary N) is 7. The zero-order chi connectivity index (χ0) is 54.4. The van der Waals surface area contributed by atoms with E-state index in [2.05, 4.69) is 46.9 Å². The number of nitrogens with zero attached hydrogens (tertiary/aromatic N) is 3. The number of H-pyrrole nitrogens is 1. The predicted octanol–water partition coefficient (Wildman–Crippen LogP) is -1.58. The molecular formula is C48H76N14O11. The van der Waals surface area contributed by atoms with Gasteiger partial charge in [0.25, 0.3) is 0 Å². The number of hydrogen-bond acceptors (Lipinski definition) is 13. The van der Waals surface area contributed by atoms with Gasteiger partial charge in [-0.3, -0.25) is 43.3 Å². The van der Waals surface area contributed by atoms with Gasteiger partial charge >= 0.3 is 5.97 Å². The number of benzene rings is 1. The highest BCUT2D eigenvalue weighted by Crippen LogP contribution is 2.21. The van der Waals surface area contributed by atoms with Crippen molar-refractivity contribution in [2.45, 2.75) is 160 Å². The molecule has 1 aromatic heterocycles. The lowest BCUT2D eigenvalue weighted by Gasteiger charge is -2.32. The number of imidazole rings is 1. The first kappa shape index (κ1) is 60.0. The molecule has 0 aliphatic carbocycles. The van der Waals surface area contributed by atoms with Crippen molar-refractivity contribution in [3.05, 3.63) is 48.0 Å². The van der Waals surface area contributed by atoms with E-state index in [-0.39, 0.29) is 63.3 Å². The predicted molar refractivity (Wildman–Crippen MR) is 268 cm³/mol. The smallest absolute Gasteiger partial charge is 0.326 e. The van der Waals surface area contributed by atoms with Gasteiger partial charge in [-0.15, -0.1) is 0 Å². The van der Waals surface area contributed by atoms with Crippen LogP contribution in [0.1, 0.15) is 110 Å². The average Bonchev–Trinajstić information content (AvgIpc) is 4.05. The maximum atomic E-state index is 14.5. The molecule has 2 heterocycles. The van der Waals surface area contributed by atoms with E-state index in [0.29, 0.717) is 30.5 Å². The number of aromatic hydroxyl groups is 1. The second-order valence-corrected chi connectivity index (χ2v) is 18.7. The van der Waals surface area contributed by atoms with E-state index >= 15 is 0 Å². The SMILES string of the molecule is CCCCC[C@H](NC(=O)[C@@H]1CCCN1C(=O)[C@H](Cc1cnc[nH]1)NC(=O)[C@@H](NC(=O)[C@H](Cc1ccc(O)cc1)NC(=O)[C@@H](NC(=O)[C@H](CCCN=C(N)N)NC(=O)[C@@H](N)CC(N)=O)C(C)C)[C@@H](C)CC)C(=O)O. The Hall–Kier alpha value is -7.31. The molecule has 8 amide bonds. The lowest BCUT2D eigenvalue weighted by Crippen LogP contribution is -2.62. The van der Waals surface area contributed by atoms with Crippen molar-refractivity contribution < 1.29 is 53.4 Å². The molecule has 1 aliphatic rings. The van der Waals surface area contributed by atoms with Crippen LogP contribution in [-0.4, -0.2) is 146 Å². The molecule has 17 N–H and O–H groups in total. The molecule has 0 saturated carbocycles. The third kappa shape index (κ3) is 19.7. The molecule has 0 radical (unpaired) electrons. The lowest BCUT2D eigenvalue weighted by molar-refractivity contribution is -0.145. The number of amides is 8. The Bertz CT molecular complexity index is 2200. The van der Waals surface area contributed by atoms with Gasteiger partial charge in [-0.1, -0.05) is 72.4 Å². The summed E-state index contributed by atoms with van der Waals surface area (Å²) >= 11 is 0. The fraction of sp³-hybridized carbons (Fsp3) is 0.604. The number of primary amides is 1. The van der Waals surface area contributed by atoms with Crippen molar-refractivity contribution in [3.63, 3.8) is 0 Å². The average molecular weight is 1030 g/mol. The Balaban J connectivity index is 1.93. The maximum absolute atomic E-state index is 14.5. The Morgan fingerprint density at radius 1 is 0.767 bits per heavy atom. The van der Waals surface area contributed by atoms with E-state index in [9.17, 15) is 53.4 Å². The number of carbonyl (C=O) groups is 9. The molecule has 25 nitrogen and oxygen atoms in total. The van der Waals surface area contributed by atoms with E-state index in [1.54, 1.807) is 27.7 Å². The van der Waals surface area contributed by atoms with Crippen molar-refractivity contribution in [2.75, 3.05) is 13.1 Å². The van der Waals surface area contributed by atoms with E-state index in [4.69, 9.17) is 22.9 Å². The van der Waals surface area contributed by atoms with Crippen LogP contribution in [0.4, 0.5) is 0 Å². The van der Waals surface area contributed by atoms with Crippen molar-refractivity contribution in [2.24, 2.45) is 39.8 Å². The highest BCUT2D eigenvalue weighted by molar-refractivity contribution is 5.98. The number of nitrogens with two attached hydrogens (primary N) is 4. The molecule has 1 aromatic carbocycles. The molecule has 2 aromatic rings. The van der Waals surface area contributed by atoms with Crippen LogP contribution < -0.4 is 54.8 Å². The van der Waals surface area contributed by atoms with Crippen LogP contribution in [0.5, 0.6) is 5.75 Å². The van der Waals surface area contributed by atoms with Crippen LogP contribution in [-0.2, 0) is 56.0 Å². The Morgan fingerprint density at radius 2 is 1.38 bits per heavy atom. The first-order valence-corrected chi connectivity index (χ1v) is 24.8. The monoisotopic (exact) mass is 1020 g/mol. The zero-order valence-electron chi connectivity index (χ0n) is 42.4. The second kappa shape index (κ2) is 29.9. The molecule has 1 saturated heterocycles. The third-order valence-corrected chi connectivity index (χ3v) is 12.5. The summed E-state index contributed by atoms with van der Waals surface area (Å²) in [7, 11) is 0. The molecule has 0 unspecified atom stereocenters. The Morgan fingerprint density at radius 3 is 1.97 bits per heavy atom. The number of carbonyl (C=O) groups excluding carboxylic acids is 8. The number of phenols is 1. The van der Waals surface area contributed by atoms with Gasteiger partial charge in [0, 0.05) is 37.8 Å². The molecule has 1 aliphatic heterocycles. The topological polar surface area (TPSA) is 415 Å². The van der Waals surface area contributed by atoms with Crippen LogP contribution in [0, 0.1) is 11.8 Å². The fourth-order valence-corrected chi connectivity index (χ4v) is 8.15. The lowest BCUT2D eigenvalue weighted by atomic mass is 9.96. The van der Waals surface area contributed by atoms with E-state index in [1.807, 2.05) is 6.92 Å². The summed E-state index contributed by atoms with van der Waals surface area (Å²) in [6.45, 7) is 8.98. The highest BCUT2D eigenvalue weighted by Gasteiger charge is 2.41.